The molecule has 0 amide bonds. The predicted molar refractivity (Wildman–Crippen MR) is 116 cm³/mol. The fourth-order valence-corrected chi connectivity index (χ4v) is 2.57. The Labute approximate surface area is 172 Å². The first-order valence-electron chi connectivity index (χ1n) is 8.54. The Morgan fingerprint density at radius 3 is 2.50 bits per heavy atom. The summed E-state index contributed by atoms with van der Waals surface area (Å²) in [7, 11) is 1.68. The third kappa shape index (κ3) is 6.48. The lowest BCUT2D eigenvalue weighted by atomic mass is 10.0. The van der Waals surface area contributed by atoms with Gasteiger partial charge in [-0.15, -0.1) is 24.0 Å². The molecule has 0 radical (unpaired) electrons. The summed E-state index contributed by atoms with van der Waals surface area (Å²) in [6.07, 6.45) is 0. The number of para-hydroxylation sites is 1. The average molecular weight is 471 g/mol. The normalized spacial score (nSPS) is 12.1. The van der Waals surface area contributed by atoms with Gasteiger partial charge in [0.2, 0.25) is 0 Å². The van der Waals surface area contributed by atoms with Crippen molar-refractivity contribution in [2.24, 2.45) is 4.99 Å². The summed E-state index contributed by atoms with van der Waals surface area (Å²) < 4.78 is 19.1. The second-order valence-electron chi connectivity index (χ2n) is 5.81. The summed E-state index contributed by atoms with van der Waals surface area (Å²) in [5.74, 6) is 1.57. The fraction of sp³-hybridized carbons (Fsp3) is 0.350. The fourth-order valence-electron chi connectivity index (χ4n) is 2.57. The number of ether oxygens (including phenoxy) is 1. The molecule has 0 saturated heterocycles. The molecular weight excluding hydrogens is 444 g/mol. The number of benzene rings is 2. The van der Waals surface area contributed by atoms with Crippen LogP contribution in [0.2, 0.25) is 0 Å². The monoisotopic (exact) mass is 471 g/mol. The second kappa shape index (κ2) is 11.7. The van der Waals surface area contributed by atoms with Crippen LogP contribution in [0.3, 0.4) is 0 Å². The van der Waals surface area contributed by atoms with E-state index in [1.165, 1.54) is 6.07 Å². The lowest BCUT2D eigenvalue weighted by molar-refractivity contribution is 0.406. The van der Waals surface area contributed by atoms with Crippen molar-refractivity contribution in [2.75, 3.05) is 20.2 Å². The highest BCUT2D eigenvalue weighted by atomic mass is 127. The highest BCUT2D eigenvalue weighted by Crippen LogP contribution is 2.25. The van der Waals surface area contributed by atoms with Crippen LogP contribution < -0.4 is 15.4 Å². The van der Waals surface area contributed by atoms with Gasteiger partial charge in [0.1, 0.15) is 11.6 Å². The third-order valence-electron chi connectivity index (χ3n) is 3.96. The van der Waals surface area contributed by atoms with E-state index in [9.17, 15) is 4.39 Å². The van der Waals surface area contributed by atoms with E-state index in [4.69, 9.17) is 4.74 Å². The summed E-state index contributed by atoms with van der Waals surface area (Å²) in [5.41, 5.74) is 1.72. The summed E-state index contributed by atoms with van der Waals surface area (Å²) in [4.78, 5) is 4.48. The smallest absolute Gasteiger partial charge is 0.191 e. The first-order chi connectivity index (χ1) is 12.2. The Balaban J connectivity index is 0.00000338. The number of guanidine groups is 1. The number of halogens is 2. The van der Waals surface area contributed by atoms with E-state index < -0.39 is 0 Å². The highest BCUT2D eigenvalue weighted by Gasteiger charge is 2.11. The molecule has 0 aliphatic heterocycles. The molecule has 2 N–H and O–H groups in total. The molecule has 0 bridgehead atoms. The van der Waals surface area contributed by atoms with Gasteiger partial charge in [-0.25, -0.2) is 9.38 Å². The molecule has 0 spiro atoms. The van der Waals surface area contributed by atoms with Crippen LogP contribution in [0, 0.1) is 5.82 Å². The SMILES string of the molecule is CCNC(=NCc1ccccc1F)NCC(C)c1ccccc1OC.I. The number of hydrogen-bond donors (Lipinski definition) is 2. The average Bonchev–Trinajstić information content (AvgIpc) is 2.64. The lowest BCUT2D eigenvalue weighted by Gasteiger charge is -2.18. The number of aliphatic imine (C=N–C) groups is 1. The summed E-state index contributed by atoms with van der Waals surface area (Å²) >= 11 is 0. The van der Waals surface area contributed by atoms with Crippen LogP contribution in [0.1, 0.15) is 30.9 Å². The largest absolute Gasteiger partial charge is 0.496 e. The maximum Gasteiger partial charge on any atom is 0.191 e. The van der Waals surface area contributed by atoms with Gasteiger partial charge in [0, 0.05) is 24.6 Å². The quantitative estimate of drug-likeness (QED) is 0.360. The van der Waals surface area contributed by atoms with Crippen LogP contribution in [-0.4, -0.2) is 26.2 Å². The van der Waals surface area contributed by atoms with E-state index >= 15 is 0 Å². The molecule has 0 heterocycles. The van der Waals surface area contributed by atoms with Gasteiger partial charge in [0.25, 0.3) is 0 Å². The third-order valence-corrected chi connectivity index (χ3v) is 3.96. The van der Waals surface area contributed by atoms with Gasteiger partial charge in [0.15, 0.2) is 5.96 Å². The van der Waals surface area contributed by atoms with E-state index in [1.807, 2.05) is 31.2 Å². The number of nitrogens with zero attached hydrogens (tertiary/aromatic N) is 1. The Morgan fingerprint density at radius 2 is 1.81 bits per heavy atom. The van der Waals surface area contributed by atoms with Gasteiger partial charge in [-0.1, -0.05) is 43.3 Å². The maximum absolute atomic E-state index is 13.7. The first kappa shape index (κ1) is 22.2. The summed E-state index contributed by atoms with van der Waals surface area (Å²) in [5, 5.41) is 6.51. The number of nitrogens with one attached hydrogen (secondary N) is 2. The molecule has 4 nitrogen and oxygen atoms in total. The first-order valence-corrected chi connectivity index (χ1v) is 8.54. The molecule has 1 unspecified atom stereocenters. The van der Waals surface area contributed by atoms with Crippen molar-refractivity contribution in [3.8, 4) is 5.75 Å². The van der Waals surface area contributed by atoms with Crippen molar-refractivity contribution in [1.82, 2.24) is 10.6 Å². The number of methoxy groups -OCH3 is 1. The van der Waals surface area contributed by atoms with Gasteiger partial charge in [-0.3, -0.25) is 0 Å². The van der Waals surface area contributed by atoms with E-state index in [-0.39, 0.29) is 35.7 Å². The molecule has 0 aromatic heterocycles. The van der Waals surface area contributed by atoms with Gasteiger partial charge in [0.05, 0.1) is 13.7 Å². The zero-order chi connectivity index (χ0) is 18.1. The summed E-state index contributed by atoms with van der Waals surface area (Å²) in [6, 6.07) is 14.7. The van der Waals surface area contributed by atoms with Crippen LogP contribution >= 0.6 is 24.0 Å². The van der Waals surface area contributed by atoms with Gasteiger partial charge < -0.3 is 15.4 Å². The molecule has 1 atom stereocenters. The number of rotatable bonds is 7. The molecule has 0 aliphatic carbocycles. The highest BCUT2D eigenvalue weighted by molar-refractivity contribution is 14.0. The molecule has 142 valence electrons. The minimum absolute atomic E-state index is 0. The van der Waals surface area contributed by atoms with Crippen molar-refractivity contribution < 1.29 is 9.13 Å². The minimum Gasteiger partial charge on any atom is -0.496 e. The van der Waals surface area contributed by atoms with E-state index in [0.717, 1.165) is 17.9 Å². The topological polar surface area (TPSA) is 45.7 Å². The van der Waals surface area contributed by atoms with Crippen LogP contribution in [-0.2, 0) is 6.54 Å². The Kier molecular flexibility index (Phi) is 10.0. The Bertz CT molecular complexity index is 709. The van der Waals surface area contributed by atoms with E-state index in [1.54, 1.807) is 19.2 Å². The molecule has 26 heavy (non-hydrogen) atoms. The Morgan fingerprint density at radius 1 is 1.12 bits per heavy atom. The zero-order valence-corrected chi connectivity index (χ0v) is 17.8. The van der Waals surface area contributed by atoms with Gasteiger partial charge in [-0.2, -0.15) is 0 Å². The van der Waals surface area contributed by atoms with Crippen molar-refractivity contribution in [3.63, 3.8) is 0 Å². The predicted octanol–water partition coefficient (Wildman–Crippen LogP) is 4.31. The molecule has 2 aromatic carbocycles. The van der Waals surface area contributed by atoms with Gasteiger partial charge in [-0.05, 0) is 24.6 Å². The Hall–Kier alpha value is -1.83. The van der Waals surface area contributed by atoms with Crippen LogP contribution in [0.5, 0.6) is 5.75 Å². The molecule has 2 aromatic rings. The lowest BCUT2D eigenvalue weighted by Crippen LogP contribution is -2.39. The van der Waals surface area contributed by atoms with Crippen molar-refractivity contribution in [1.29, 1.82) is 0 Å². The molecule has 6 heteroatoms. The number of hydrogen-bond acceptors (Lipinski definition) is 2. The molecule has 0 fully saturated rings. The van der Waals surface area contributed by atoms with Crippen molar-refractivity contribution in [3.05, 3.63) is 65.5 Å². The molecular formula is C20H27FIN3O. The molecule has 2 rings (SSSR count). The van der Waals surface area contributed by atoms with E-state index in [2.05, 4.69) is 28.6 Å². The van der Waals surface area contributed by atoms with Crippen molar-refractivity contribution >= 4 is 29.9 Å². The standard InChI is InChI=1S/C20H26FN3O.HI/c1-4-22-20(24-14-16-9-5-7-11-18(16)21)23-13-15(2)17-10-6-8-12-19(17)25-3;/h5-12,15H,4,13-14H2,1-3H3,(H2,22,23,24);1H. The maximum atomic E-state index is 13.7. The second-order valence-corrected chi connectivity index (χ2v) is 5.81. The van der Waals surface area contributed by atoms with Gasteiger partial charge >= 0.3 is 0 Å². The van der Waals surface area contributed by atoms with Crippen molar-refractivity contribution in [2.45, 2.75) is 26.3 Å². The van der Waals surface area contributed by atoms with Crippen LogP contribution in [0.25, 0.3) is 0 Å². The van der Waals surface area contributed by atoms with Crippen LogP contribution in [0.4, 0.5) is 4.39 Å². The molecule has 0 aliphatic rings. The molecule has 0 saturated carbocycles. The summed E-state index contributed by atoms with van der Waals surface area (Å²) in [6.45, 7) is 5.87. The minimum atomic E-state index is -0.232. The van der Waals surface area contributed by atoms with E-state index in [0.29, 0.717) is 24.6 Å². The zero-order valence-electron chi connectivity index (χ0n) is 15.5. The van der Waals surface area contributed by atoms with Crippen LogP contribution in [0.15, 0.2) is 53.5 Å².